The van der Waals surface area contributed by atoms with Crippen molar-refractivity contribution in [3.05, 3.63) is 93.8 Å². The Hall–Kier alpha value is -3.34. The monoisotopic (exact) mass is 372 g/mol. The summed E-state index contributed by atoms with van der Waals surface area (Å²) in [5.74, 6) is 0. The Labute approximate surface area is 164 Å². The fourth-order valence-corrected chi connectivity index (χ4v) is 3.52. The smallest absolute Gasteiger partial charge is 0.255 e. The van der Waals surface area contributed by atoms with Crippen molar-refractivity contribution in [2.24, 2.45) is 0 Å². The fourth-order valence-electron chi connectivity index (χ4n) is 3.52. The predicted octanol–water partition coefficient (Wildman–Crippen LogP) is 4.28. The Morgan fingerprint density at radius 2 is 1.79 bits per heavy atom. The molecule has 5 heteroatoms. The van der Waals surface area contributed by atoms with E-state index in [9.17, 15) is 4.79 Å². The first kappa shape index (κ1) is 18.0. The number of hydrogen-bond acceptors (Lipinski definition) is 3. The predicted molar refractivity (Wildman–Crippen MR) is 113 cm³/mol. The average Bonchev–Trinajstić information content (AvgIpc) is 3.01. The molecular formula is C23H24N4O. The number of nitrogens with zero attached hydrogens (tertiary/aromatic N) is 3. The Balaban J connectivity index is 1.81. The molecule has 142 valence electrons. The van der Waals surface area contributed by atoms with Gasteiger partial charge in [0.15, 0.2) is 5.65 Å². The van der Waals surface area contributed by atoms with Gasteiger partial charge in [-0.2, -0.15) is 0 Å². The Bertz CT molecular complexity index is 1200. The van der Waals surface area contributed by atoms with Crippen molar-refractivity contribution >= 4 is 11.3 Å². The van der Waals surface area contributed by atoms with Gasteiger partial charge in [0, 0.05) is 30.7 Å². The van der Waals surface area contributed by atoms with E-state index in [0.29, 0.717) is 6.54 Å². The first-order chi connectivity index (χ1) is 13.6. The van der Waals surface area contributed by atoms with Crippen molar-refractivity contribution in [2.45, 2.75) is 33.7 Å². The summed E-state index contributed by atoms with van der Waals surface area (Å²) in [6, 6.07) is 15.6. The lowest BCUT2D eigenvalue weighted by atomic mass is 10.1. The average molecular weight is 372 g/mol. The lowest BCUT2D eigenvalue weighted by molar-refractivity contribution is 0.958. The van der Waals surface area contributed by atoms with Crippen LogP contribution in [0.4, 0.5) is 5.69 Å². The van der Waals surface area contributed by atoms with Gasteiger partial charge in [-0.05, 0) is 43.5 Å². The summed E-state index contributed by atoms with van der Waals surface area (Å²) < 4.78 is 3.71. The second-order valence-electron chi connectivity index (χ2n) is 6.97. The van der Waals surface area contributed by atoms with Crippen molar-refractivity contribution in [1.29, 1.82) is 0 Å². The quantitative estimate of drug-likeness (QED) is 0.569. The summed E-state index contributed by atoms with van der Waals surface area (Å²) in [6.07, 6.45) is 4.75. The molecular weight excluding hydrogens is 348 g/mol. The highest BCUT2D eigenvalue weighted by Gasteiger charge is 2.12. The first-order valence-corrected chi connectivity index (χ1v) is 9.56. The summed E-state index contributed by atoms with van der Waals surface area (Å²) >= 11 is 0. The zero-order valence-electron chi connectivity index (χ0n) is 16.4. The molecule has 4 aromatic rings. The van der Waals surface area contributed by atoms with E-state index < -0.39 is 0 Å². The van der Waals surface area contributed by atoms with Crippen molar-refractivity contribution in [3.8, 4) is 5.69 Å². The third kappa shape index (κ3) is 3.20. The molecule has 0 saturated carbocycles. The van der Waals surface area contributed by atoms with Crippen LogP contribution in [0.25, 0.3) is 11.3 Å². The molecule has 28 heavy (non-hydrogen) atoms. The minimum Gasteiger partial charge on any atom is -0.378 e. The Kier molecular flexibility index (Phi) is 4.74. The van der Waals surface area contributed by atoms with Crippen molar-refractivity contribution < 1.29 is 0 Å². The molecule has 1 aromatic carbocycles. The van der Waals surface area contributed by atoms with Gasteiger partial charge >= 0.3 is 0 Å². The normalized spacial score (nSPS) is 11.1. The molecule has 3 aromatic heterocycles. The van der Waals surface area contributed by atoms with Crippen LogP contribution in [0.1, 0.15) is 29.4 Å². The SMILES string of the molecule is CCc1ccccc1CNc1cc(-n2ccccc2=O)cn2c(C)c(C)nc12. The molecule has 0 bridgehead atoms. The molecule has 0 aliphatic heterocycles. The van der Waals surface area contributed by atoms with E-state index >= 15 is 0 Å². The van der Waals surface area contributed by atoms with Crippen LogP contribution in [0.3, 0.4) is 0 Å². The van der Waals surface area contributed by atoms with Gasteiger partial charge in [0.25, 0.3) is 5.56 Å². The standard InChI is InChI=1S/C23H24N4O/c1-4-18-9-5-6-10-19(18)14-24-21-13-20(26-12-8-7-11-22(26)28)15-27-17(3)16(2)25-23(21)27/h5-13,15,24H,4,14H2,1-3H3. The lowest BCUT2D eigenvalue weighted by Crippen LogP contribution is -2.16. The summed E-state index contributed by atoms with van der Waals surface area (Å²) in [5.41, 5.74) is 7.19. The summed E-state index contributed by atoms with van der Waals surface area (Å²) in [4.78, 5) is 17.1. The van der Waals surface area contributed by atoms with Crippen LogP contribution in [-0.4, -0.2) is 14.0 Å². The maximum absolute atomic E-state index is 12.3. The molecule has 1 N–H and O–H groups in total. The number of imidazole rings is 1. The first-order valence-electron chi connectivity index (χ1n) is 9.56. The van der Waals surface area contributed by atoms with E-state index in [4.69, 9.17) is 4.98 Å². The van der Waals surface area contributed by atoms with Crippen LogP contribution in [-0.2, 0) is 13.0 Å². The molecule has 0 unspecified atom stereocenters. The molecule has 0 spiro atoms. The van der Waals surface area contributed by atoms with Gasteiger partial charge in [-0.25, -0.2) is 4.98 Å². The second kappa shape index (κ2) is 7.35. The number of aromatic nitrogens is 3. The third-order valence-electron chi connectivity index (χ3n) is 5.25. The maximum atomic E-state index is 12.3. The van der Waals surface area contributed by atoms with Crippen LogP contribution in [0, 0.1) is 13.8 Å². The number of fused-ring (bicyclic) bond motifs is 1. The number of nitrogens with one attached hydrogen (secondary N) is 1. The van der Waals surface area contributed by atoms with Gasteiger partial charge in [0.1, 0.15) is 0 Å². The highest BCUT2D eigenvalue weighted by molar-refractivity contribution is 5.71. The maximum Gasteiger partial charge on any atom is 0.255 e. The van der Waals surface area contributed by atoms with Gasteiger partial charge in [-0.1, -0.05) is 37.3 Å². The van der Waals surface area contributed by atoms with Crippen LogP contribution in [0.15, 0.2) is 65.7 Å². The summed E-state index contributed by atoms with van der Waals surface area (Å²) in [7, 11) is 0. The fraction of sp³-hybridized carbons (Fsp3) is 0.217. The number of rotatable bonds is 5. The van der Waals surface area contributed by atoms with E-state index in [1.54, 1.807) is 22.9 Å². The van der Waals surface area contributed by atoms with E-state index in [2.05, 4.69) is 40.9 Å². The number of aryl methyl sites for hydroxylation is 3. The summed E-state index contributed by atoms with van der Waals surface area (Å²) in [6.45, 7) is 6.93. The lowest BCUT2D eigenvalue weighted by Gasteiger charge is -2.14. The number of benzene rings is 1. The highest BCUT2D eigenvalue weighted by atomic mass is 16.1. The Morgan fingerprint density at radius 1 is 1.04 bits per heavy atom. The minimum atomic E-state index is -0.0568. The zero-order chi connectivity index (χ0) is 19.7. The Morgan fingerprint density at radius 3 is 2.54 bits per heavy atom. The summed E-state index contributed by atoms with van der Waals surface area (Å²) in [5, 5.41) is 3.55. The molecule has 0 radical (unpaired) electrons. The van der Waals surface area contributed by atoms with Gasteiger partial charge in [0.05, 0.1) is 17.1 Å². The topological polar surface area (TPSA) is 51.3 Å². The van der Waals surface area contributed by atoms with Crippen molar-refractivity contribution in [2.75, 3.05) is 5.32 Å². The molecule has 4 rings (SSSR count). The highest BCUT2D eigenvalue weighted by Crippen LogP contribution is 2.24. The van der Waals surface area contributed by atoms with E-state index in [1.807, 2.05) is 32.2 Å². The molecule has 0 saturated heterocycles. The van der Waals surface area contributed by atoms with Crippen LogP contribution in [0.2, 0.25) is 0 Å². The van der Waals surface area contributed by atoms with Crippen molar-refractivity contribution in [3.63, 3.8) is 0 Å². The van der Waals surface area contributed by atoms with Gasteiger partial charge in [-0.3, -0.25) is 9.36 Å². The van der Waals surface area contributed by atoms with Crippen LogP contribution < -0.4 is 10.9 Å². The van der Waals surface area contributed by atoms with Crippen molar-refractivity contribution in [1.82, 2.24) is 14.0 Å². The van der Waals surface area contributed by atoms with E-state index in [0.717, 1.165) is 34.8 Å². The molecule has 0 aliphatic carbocycles. The van der Waals surface area contributed by atoms with E-state index in [1.165, 1.54) is 11.1 Å². The number of pyridine rings is 2. The molecule has 0 amide bonds. The molecule has 0 atom stereocenters. The van der Waals surface area contributed by atoms with Gasteiger partial charge in [-0.15, -0.1) is 0 Å². The van der Waals surface area contributed by atoms with Gasteiger partial charge < -0.3 is 9.72 Å². The zero-order valence-corrected chi connectivity index (χ0v) is 16.4. The minimum absolute atomic E-state index is 0.0568. The van der Waals surface area contributed by atoms with Crippen LogP contribution >= 0.6 is 0 Å². The molecule has 5 nitrogen and oxygen atoms in total. The molecule has 0 aliphatic rings. The molecule has 3 heterocycles. The largest absolute Gasteiger partial charge is 0.378 e. The van der Waals surface area contributed by atoms with Gasteiger partial charge in [0.2, 0.25) is 0 Å². The molecule has 0 fully saturated rings. The van der Waals surface area contributed by atoms with Crippen LogP contribution in [0.5, 0.6) is 0 Å². The second-order valence-corrected chi connectivity index (χ2v) is 6.97. The number of anilines is 1. The number of hydrogen-bond donors (Lipinski definition) is 1. The third-order valence-corrected chi connectivity index (χ3v) is 5.25. The van der Waals surface area contributed by atoms with E-state index in [-0.39, 0.29) is 5.56 Å².